The highest BCUT2D eigenvalue weighted by Crippen LogP contribution is 2.11. The average Bonchev–Trinajstić information content (AvgIpc) is 2.44. The summed E-state index contributed by atoms with van der Waals surface area (Å²) in [7, 11) is 1.64. The molecule has 0 spiro atoms. The third kappa shape index (κ3) is 5.16. The van der Waals surface area contributed by atoms with Crippen molar-refractivity contribution in [1.82, 2.24) is 15.1 Å². The van der Waals surface area contributed by atoms with E-state index >= 15 is 0 Å². The number of hydrogen-bond acceptors (Lipinski definition) is 4. The number of nitrogens with one attached hydrogen (secondary N) is 1. The Morgan fingerprint density at radius 3 is 2.42 bits per heavy atom. The van der Waals surface area contributed by atoms with Gasteiger partial charge in [0.25, 0.3) is 0 Å². The lowest BCUT2D eigenvalue weighted by molar-refractivity contribution is -0.137. The Morgan fingerprint density at radius 2 is 1.89 bits per heavy atom. The van der Waals surface area contributed by atoms with Gasteiger partial charge in [0.1, 0.15) is 0 Å². The van der Waals surface area contributed by atoms with Crippen LogP contribution in [0.15, 0.2) is 0 Å². The first-order chi connectivity index (χ1) is 9.08. The molecule has 3 N–H and O–H groups in total. The first-order valence-electron chi connectivity index (χ1n) is 7.00. The third-order valence-corrected chi connectivity index (χ3v) is 3.59. The zero-order chi connectivity index (χ0) is 14.3. The largest absolute Gasteiger partial charge is 0.358 e. The van der Waals surface area contributed by atoms with Crippen molar-refractivity contribution < 1.29 is 9.59 Å². The summed E-state index contributed by atoms with van der Waals surface area (Å²) < 4.78 is 0. The van der Waals surface area contributed by atoms with Crippen LogP contribution in [0.1, 0.15) is 19.8 Å². The Bertz CT molecular complexity index is 301. The maximum absolute atomic E-state index is 12.2. The van der Waals surface area contributed by atoms with Gasteiger partial charge in [0, 0.05) is 39.1 Å². The van der Waals surface area contributed by atoms with E-state index < -0.39 is 0 Å². The van der Waals surface area contributed by atoms with Gasteiger partial charge in [-0.1, -0.05) is 6.92 Å². The molecule has 1 fully saturated rings. The molecule has 0 aromatic rings. The van der Waals surface area contributed by atoms with Crippen molar-refractivity contribution in [2.75, 3.05) is 46.3 Å². The van der Waals surface area contributed by atoms with Gasteiger partial charge >= 0.3 is 0 Å². The number of amides is 2. The van der Waals surface area contributed by atoms with Gasteiger partial charge in [-0.3, -0.25) is 14.5 Å². The van der Waals surface area contributed by atoms with E-state index in [1.165, 1.54) is 0 Å². The molecule has 0 aromatic heterocycles. The van der Waals surface area contributed by atoms with Crippen LogP contribution in [0.5, 0.6) is 0 Å². The van der Waals surface area contributed by atoms with Crippen LogP contribution < -0.4 is 11.1 Å². The van der Waals surface area contributed by atoms with Crippen LogP contribution in [0.2, 0.25) is 0 Å². The second-order valence-corrected chi connectivity index (χ2v) is 5.11. The Hall–Kier alpha value is -1.14. The molecule has 19 heavy (non-hydrogen) atoms. The maximum Gasteiger partial charge on any atom is 0.233 e. The molecule has 110 valence electrons. The SMILES string of the molecule is CNC(=O)CN1CCN(C(=O)C(C)CCCN)CC1. The molecule has 0 aromatic carbocycles. The van der Waals surface area contributed by atoms with Crippen LogP contribution in [0, 0.1) is 5.92 Å². The monoisotopic (exact) mass is 270 g/mol. The molecule has 6 heteroatoms. The van der Waals surface area contributed by atoms with Crippen LogP contribution in [-0.2, 0) is 9.59 Å². The van der Waals surface area contributed by atoms with Gasteiger partial charge < -0.3 is 16.0 Å². The van der Waals surface area contributed by atoms with Crippen molar-refractivity contribution in [2.45, 2.75) is 19.8 Å². The van der Waals surface area contributed by atoms with Crippen LogP contribution in [0.4, 0.5) is 0 Å². The number of carbonyl (C=O) groups excluding carboxylic acids is 2. The van der Waals surface area contributed by atoms with Crippen molar-refractivity contribution in [2.24, 2.45) is 11.7 Å². The number of rotatable bonds is 6. The van der Waals surface area contributed by atoms with Crippen molar-refractivity contribution in [1.29, 1.82) is 0 Å². The quantitative estimate of drug-likeness (QED) is 0.666. The van der Waals surface area contributed by atoms with Crippen LogP contribution >= 0.6 is 0 Å². The zero-order valence-corrected chi connectivity index (χ0v) is 12.0. The molecule has 1 rings (SSSR count). The molecule has 1 unspecified atom stereocenters. The predicted molar refractivity (Wildman–Crippen MR) is 74.5 cm³/mol. The summed E-state index contributed by atoms with van der Waals surface area (Å²) in [6.45, 7) is 5.98. The van der Waals surface area contributed by atoms with Gasteiger partial charge in [0.2, 0.25) is 11.8 Å². The third-order valence-electron chi connectivity index (χ3n) is 3.59. The minimum Gasteiger partial charge on any atom is -0.358 e. The van der Waals surface area contributed by atoms with Crippen molar-refractivity contribution >= 4 is 11.8 Å². The molecular weight excluding hydrogens is 244 g/mol. The van der Waals surface area contributed by atoms with Crippen LogP contribution in [0.3, 0.4) is 0 Å². The molecule has 0 saturated carbocycles. The fourth-order valence-electron chi connectivity index (χ4n) is 2.27. The highest BCUT2D eigenvalue weighted by molar-refractivity contribution is 5.79. The topological polar surface area (TPSA) is 78.7 Å². The minimum absolute atomic E-state index is 0.0242. The molecule has 1 heterocycles. The summed E-state index contributed by atoms with van der Waals surface area (Å²) in [6.07, 6.45) is 1.75. The number of carbonyl (C=O) groups is 2. The number of likely N-dealkylation sites (N-methyl/N-ethyl adjacent to an activating group) is 1. The van der Waals surface area contributed by atoms with Crippen molar-refractivity contribution in [3.05, 3.63) is 0 Å². The molecule has 1 saturated heterocycles. The molecule has 1 atom stereocenters. The van der Waals surface area contributed by atoms with E-state index in [0.717, 1.165) is 25.9 Å². The fraction of sp³-hybridized carbons (Fsp3) is 0.846. The van der Waals surface area contributed by atoms with Gasteiger partial charge in [-0.15, -0.1) is 0 Å². The van der Waals surface area contributed by atoms with Crippen molar-refractivity contribution in [3.8, 4) is 0 Å². The second-order valence-electron chi connectivity index (χ2n) is 5.11. The lowest BCUT2D eigenvalue weighted by Gasteiger charge is -2.35. The molecule has 2 amide bonds. The van der Waals surface area contributed by atoms with Crippen LogP contribution in [-0.4, -0.2) is 67.9 Å². The highest BCUT2D eigenvalue weighted by Gasteiger charge is 2.25. The Morgan fingerprint density at radius 1 is 1.26 bits per heavy atom. The molecular formula is C13H26N4O2. The van der Waals surface area contributed by atoms with Crippen LogP contribution in [0.25, 0.3) is 0 Å². The molecule has 6 nitrogen and oxygen atoms in total. The number of nitrogens with two attached hydrogens (primary N) is 1. The summed E-state index contributed by atoms with van der Waals surface area (Å²) in [5.41, 5.74) is 5.46. The fourth-order valence-corrected chi connectivity index (χ4v) is 2.27. The molecule has 1 aliphatic rings. The molecule has 0 bridgehead atoms. The van der Waals surface area contributed by atoms with E-state index in [4.69, 9.17) is 5.73 Å². The van der Waals surface area contributed by atoms with Crippen molar-refractivity contribution in [3.63, 3.8) is 0 Å². The van der Waals surface area contributed by atoms with E-state index in [-0.39, 0.29) is 17.7 Å². The number of piperazine rings is 1. The van der Waals surface area contributed by atoms with E-state index in [2.05, 4.69) is 10.2 Å². The van der Waals surface area contributed by atoms with E-state index in [0.29, 0.717) is 26.2 Å². The van der Waals surface area contributed by atoms with Gasteiger partial charge in [-0.2, -0.15) is 0 Å². The standard InChI is InChI=1S/C13H26N4O2/c1-11(4-3-5-14)13(19)17-8-6-16(7-9-17)10-12(18)15-2/h11H,3-10,14H2,1-2H3,(H,15,18). The number of nitrogens with zero attached hydrogens (tertiary/aromatic N) is 2. The lowest BCUT2D eigenvalue weighted by Crippen LogP contribution is -2.51. The van der Waals surface area contributed by atoms with E-state index in [1.807, 2.05) is 11.8 Å². The van der Waals surface area contributed by atoms with Gasteiger partial charge in [-0.25, -0.2) is 0 Å². The second kappa shape index (κ2) is 8.12. The zero-order valence-electron chi connectivity index (χ0n) is 12.0. The Kier molecular flexibility index (Phi) is 6.80. The predicted octanol–water partition coefficient (Wildman–Crippen LogP) is -0.748. The maximum atomic E-state index is 12.2. The normalized spacial score (nSPS) is 18.2. The van der Waals surface area contributed by atoms with Gasteiger partial charge in [-0.05, 0) is 19.4 Å². The summed E-state index contributed by atoms with van der Waals surface area (Å²) >= 11 is 0. The van der Waals surface area contributed by atoms with Gasteiger partial charge in [0.05, 0.1) is 6.54 Å². The smallest absolute Gasteiger partial charge is 0.233 e. The minimum atomic E-state index is 0.0242. The Balaban J connectivity index is 2.32. The number of hydrogen-bond donors (Lipinski definition) is 2. The Labute approximate surface area is 115 Å². The summed E-state index contributed by atoms with van der Waals surface area (Å²) in [5.74, 6) is 0.290. The summed E-state index contributed by atoms with van der Waals surface area (Å²) in [4.78, 5) is 27.4. The van der Waals surface area contributed by atoms with Gasteiger partial charge in [0.15, 0.2) is 0 Å². The first kappa shape index (κ1) is 15.9. The van der Waals surface area contributed by atoms with E-state index in [9.17, 15) is 9.59 Å². The molecule has 1 aliphatic heterocycles. The lowest BCUT2D eigenvalue weighted by atomic mass is 10.0. The highest BCUT2D eigenvalue weighted by atomic mass is 16.2. The summed E-state index contributed by atoms with van der Waals surface area (Å²) in [5, 5.41) is 2.61. The molecule has 0 aliphatic carbocycles. The summed E-state index contributed by atoms with van der Waals surface area (Å²) in [6, 6.07) is 0. The first-order valence-corrected chi connectivity index (χ1v) is 7.00. The average molecular weight is 270 g/mol. The molecule has 0 radical (unpaired) electrons. The van der Waals surface area contributed by atoms with E-state index in [1.54, 1.807) is 7.05 Å².